The van der Waals surface area contributed by atoms with Crippen LogP contribution in [0.1, 0.15) is 24.5 Å². The number of carbonyl (C=O) groups excluding carboxylic acids is 1. The monoisotopic (exact) mass is 580 g/mol. The molecule has 4 aromatic rings. The van der Waals surface area contributed by atoms with Gasteiger partial charge in [0.25, 0.3) is 0 Å². The number of amides is 1. The van der Waals surface area contributed by atoms with Crippen LogP contribution in [0.3, 0.4) is 0 Å². The van der Waals surface area contributed by atoms with E-state index in [1.807, 2.05) is 61.5 Å². The molecule has 1 aromatic heterocycles. The van der Waals surface area contributed by atoms with Crippen molar-refractivity contribution >= 4 is 44.1 Å². The molecule has 10 heteroatoms. The number of fused-ring (bicyclic) bond motifs is 1. The lowest BCUT2D eigenvalue weighted by Crippen LogP contribution is -2.40. The molecule has 0 aliphatic heterocycles. The van der Waals surface area contributed by atoms with Crippen molar-refractivity contribution in [2.45, 2.75) is 31.7 Å². The van der Waals surface area contributed by atoms with Gasteiger partial charge < -0.3 is 15.4 Å². The molecular weight excluding hydrogens is 548 g/mol. The maximum atomic E-state index is 13.6. The Hall–Kier alpha value is -3.66. The number of sulfonamides is 1. The lowest BCUT2D eigenvalue weighted by molar-refractivity contribution is -0.121. The maximum absolute atomic E-state index is 13.6. The second kappa shape index (κ2) is 13.6. The molecule has 0 aliphatic rings. The van der Waals surface area contributed by atoms with Gasteiger partial charge in [-0.1, -0.05) is 41.9 Å². The van der Waals surface area contributed by atoms with Gasteiger partial charge in [-0.05, 0) is 73.9 Å². The summed E-state index contributed by atoms with van der Waals surface area (Å²) >= 11 is 6.07. The van der Waals surface area contributed by atoms with Gasteiger partial charge >= 0.3 is 0 Å². The third-order valence-corrected chi connectivity index (χ3v) is 8.32. The Morgan fingerprint density at radius 3 is 2.58 bits per heavy atom. The molecule has 0 fully saturated rings. The number of nitrogens with zero attached hydrogens (tertiary/aromatic N) is 2. The first kappa shape index (κ1) is 29.3. The molecule has 0 unspecified atom stereocenters. The summed E-state index contributed by atoms with van der Waals surface area (Å²) in [5.74, 6) is 0.261. The fourth-order valence-corrected chi connectivity index (χ4v) is 5.93. The van der Waals surface area contributed by atoms with Crippen LogP contribution in [0, 0.1) is 6.92 Å². The summed E-state index contributed by atoms with van der Waals surface area (Å²) in [6.07, 6.45) is 2.36. The van der Waals surface area contributed by atoms with E-state index in [2.05, 4.69) is 15.6 Å². The molecule has 0 atom stereocenters. The van der Waals surface area contributed by atoms with Gasteiger partial charge in [0.05, 0.1) is 23.6 Å². The first-order valence-corrected chi connectivity index (χ1v) is 14.9. The Morgan fingerprint density at radius 2 is 1.82 bits per heavy atom. The number of ether oxygens (including phenoxy) is 1. The van der Waals surface area contributed by atoms with Crippen molar-refractivity contribution in [2.75, 3.05) is 31.6 Å². The Morgan fingerprint density at radius 1 is 1.02 bits per heavy atom. The average molecular weight is 581 g/mol. The molecule has 4 rings (SSSR count). The van der Waals surface area contributed by atoms with E-state index in [0.29, 0.717) is 42.5 Å². The summed E-state index contributed by atoms with van der Waals surface area (Å²) in [7, 11) is -3.95. The van der Waals surface area contributed by atoms with Crippen molar-refractivity contribution in [3.8, 4) is 5.75 Å². The Balaban J connectivity index is 1.38. The molecule has 0 aliphatic carbocycles. The zero-order valence-corrected chi connectivity index (χ0v) is 24.1. The number of aromatic nitrogens is 1. The zero-order chi connectivity index (χ0) is 28.5. The minimum atomic E-state index is -3.95. The summed E-state index contributed by atoms with van der Waals surface area (Å²) in [4.78, 5) is 17.4. The molecule has 8 nitrogen and oxygen atoms in total. The molecule has 1 heterocycles. The largest absolute Gasteiger partial charge is 0.494 e. The van der Waals surface area contributed by atoms with Crippen LogP contribution in [0.2, 0.25) is 5.02 Å². The fourth-order valence-electron chi connectivity index (χ4n) is 4.29. The molecule has 0 bridgehead atoms. The normalized spacial score (nSPS) is 11.5. The predicted octanol–water partition coefficient (Wildman–Crippen LogP) is 5.40. The van der Waals surface area contributed by atoms with Gasteiger partial charge in [-0.2, -0.15) is 4.31 Å². The first-order chi connectivity index (χ1) is 19.3. The van der Waals surface area contributed by atoms with Crippen LogP contribution < -0.4 is 15.4 Å². The SMILES string of the molecule is CCOc1ccc(S(=O)(=O)N(CC(=O)NCCCNc2ccnc3cc(Cl)ccc23)Cc2ccccc2)cc1C. The van der Waals surface area contributed by atoms with E-state index in [-0.39, 0.29) is 23.9 Å². The highest BCUT2D eigenvalue weighted by atomic mass is 35.5. The summed E-state index contributed by atoms with van der Waals surface area (Å²) in [6, 6.07) is 21.4. The number of anilines is 1. The van der Waals surface area contributed by atoms with Gasteiger partial charge in [0, 0.05) is 41.9 Å². The van der Waals surface area contributed by atoms with E-state index in [4.69, 9.17) is 16.3 Å². The number of carbonyl (C=O) groups is 1. The average Bonchev–Trinajstić information content (AvgIpc) is 2.94. The van der Waals surface area contributed by atoms with Crippen molar-refractivity contribution in [1.29, 1.82) is 0 Å². The number of benzene rings is 3. The Kier molecular flexibility index (Phi) is 9.98. The molecule has 2 N–H and O–H groups in total. The fraction of sp³-hybridized carbons (Fsp3) is 0.267. The molecule has 0 saturated carbocycles. The van der Waals surface area contributed by atoms with Gasteiger partial charge in [-0.3, -0.25) is 9.78 Å². The number of nitrogens with one attached hydrogen (secondary N) is 2. The number of rotatable bonds is 13. The maximum Gasteiger partial charge on any atom is 0.243 e. The van der Waals surface area contributed by atoms with Crippen molar-refractivity contribution < 1.29 is 17.9 Å². The van der Waals surface area contributed by atoms with Crippen LogP contribution in [-0.4, -0.2) is 49.9 Å². The van der Waals surface area contributed by atoms with Gasteiger partial charge in [0.15, 0.2) is 0 Å². The minimum absolute atomic E-state index is 0.0730. The smallest absolute Gasteiger partial charge is 0.243 e. The topological polar surface area (TPSA) is 101 Å². The summed E-state index contributed by atoms with van der Waals surface area (Å²) in [5, 5.41) is 7.81. The predicted molar refractivity (Wildman–Crippen MR) is 159 cm³/mol. The van der Waals surface area contributed by atoms with Crippen LogP contribution in [0.5, 0.6) is 5.75 Å². The van der Waals surface area contributed by atoms with Crippen molar-refractivity contribution in [3.05, 3.63) is 95.1 Å². The van der Waals surface area contributed by atoms with E-state index in [0.717, 1.165) is 22.2 Å². The van der Waals surface area contributed by atoms with E-state index in [1.54, 1.807) is 25.3 Å². The number of hydrogen-bond donors (Lipinski definition) is 2. The summed E-state index contributed by atoms with van der Waals surface area (Å²) < 4.78 is 34.0. The Bertz CT molecular complexity index is 1570. The van der Waals surface area contributed by atoms with E-state index < -0.39 is 10.0 Å². The van der Waals surface area contributed by atoms with Crippen molar-refractivity contribution in [3.63, 3.8) is 0 Å². The van der Waals surface area contributed by atoms with Gasteiger partial charge in [-0.25, -0.2) is 8.42 Å². The van der Waals surface area contributed by atoms with E-state index in [9.17, 15) is 13.2 Å². The van der Waals surface area contributed by atoms with Gasteiger partial charge in [0.1, 0.15) is 5.75 Å². The molecular formula is C30H33ClN4O4S. The van der Waals surface area contributed by atoms with Gasteiger partial charge in [-0.15, -0.1) is 0 Å². The summed E-state index contributed by atoms with van der Waals surface area (Å²) in [6.45, 7) is 4.93. The molecule has 3 aromatic carbocycles. The highest BCUT2D eigenvalue weighted by molar-refractivity contribution is 7.89. The second-order valence-electron chi connectivity index (χ2n) is 9.27. The molecule has 0 saturated heterocycles. The van der Waals surface area contributed by atoms with E-state index in [1.165, 1.54) is 10.4 Å². The first-order valence-electron chi connectivity index (χ1n) is 13.1. The highest BCUT2D eigenvalue weighted by Crippen LogP contribution is 2.26. The minimum Gasteiger partial charge on any atom is -0.494 e. The summed E-state index contributed by atoms with van der Waals surface area (Å²) in [5.41, 5.74) is 3.23. The van der Waals surface area contributed by atoms with Crippen molar-refractivity contribution in [1.82, 2.24) is 14.6 Å². The lowest BCUT2D eigenvalue weighted by Gasteiger charge is -2.22. The molecule has 1 amide bonds. The van der Waals surface area contributed by atoms with Crippen LogP contribution in [0.4, 0.5) is 5.69 Å². The third-order valence-electron chi connectivity index (χ3n) is 6.30. The third kappa shape index (κ3) is 7.50. The van der Waals surface area contributed by atoms with Crippen LogP contribution in [-0.2, 0) is 21.4 Å². The van der Waals surface area contributed by atoms with Crippen LogP contribution in [0.25, 0.3) is 10.9 Å². The van der Waals surface area contributed by atoms with E-state index >= 15 is 0 Å². The molecule has 0 radical (unpaired) electrons. The quantitative estimate of drug-likeness (QED) is 0.205. The molecule has 210 valence electrons. The number of aryl methyl sites for hydroxylation is 1. The standard InChI is InChI=1S/C30H33ClN4O4S/c1-3-39-29-13-11-25(18-22(29)2)40(37,38)35(20-23-8-5-4-6-9-23)21-30(36)34-16-7-15-32-27-14-17-33-28-19-24(31)10-12-26(27)28/h4-6,8-14,17-19H,3,7,15-16,20-21H2,1-2H3,(H,32,33)(H,34,36). The van der Waals surface area contributed by atoms with Crippen molar-refractivity contribution in [2.24, 2.45) is 0 Å². The Labute approximate surface area is 240 Å². The highest BCUT2D eigenvalue weighted by Gasteiger charge is 2.27. The number of halogens is 1. The van der Waals surface area contributed by atoms with Crippen LogP contribution >= 0.6 is 11.6 Å². The molecule has 40 heavy (non-hydrogen) atoms. The van der Waals surface area contributed by atoms with Crippen LogP contribution in [0.15, 0.2) is 83.9 Å². The number of hydrogen-bond acceptors (Lipinski definition) is 6. The number of pyridine rings is 1. The second-order valence-corrected chi connectivity index (χ2v) is 11.6. The zero-order valence-electron chi connectivity index (χ0n) is 22.6. The van der Waals surface area contributed by atoms with Gasteiger partial charge in [0.2, 0.25) is 15.9 Å². The lowest BCUT2D eigenvalue weighted by atomic mass is 10.2. The molecule has 0 spiro atoms.